The summed E-state index contributed by atoms with van der Waals surface area (Å²) in [5.74, 6) is 0. The quantitative estimate of drug-likeness (QED) is 0.916. The standard InChI is InChI=1S/C16H21N3O2S.H2O/c1-18(2)22(20,21)13-4-5-16-14(10-13)15(11-17-16)12-6-8-19(3)9-7-12;/h4-6,10-11,17H,7-9H2,1-3H3;1H2. The van der Waals surface area contributed by atoms with Crippen LogP contribution in [0.25, 0.3) is 16.5 Å². The number of likely N-dealkylation sites (N-methyl/N-ethyl adjacent to an activating group) is 1. The third-order valence-electron chi connectivity index (χ3n) is 4.19. The number of benzene rings is 1. The summed E-state index contributed by atoms with van der Waals surface area (Å²) < 4.78 is 25.9. The van der Waals surface area contributed by atoms with Crippen molar-refractivity contribution in [2.24, 2.45) is 0 Å². The van der Waals surface area contributed by atoms with Crippen molar-refractivity contribution in [2.75, 3.05) is 34.2 Å². The predicted molar refractivity (Wildman–Crippen MR) is 92.9 cm³/mol. The Balaban J connectivity index is 0.00000192. The van der Waals surface area contributed by atoms with E-state index in [1.54, 1.807) is 26.2 Å². The molecule has 1 aromatic carbocycles. The Morgan fingerprint density at radius 3 is 2.61 bits per heavy atom. The van der Waals surface area contributed by atoms with Gasteiger partial charge in [0.15, 0.2) is 0 Å². The molecule has 0 radical (unpaired) electrons. The number of nitrogens with one attached hydrogen (secondary N) is 1. The highest BCUT2D eigenvalue weighted by Crippen LogP contribution is 2.30. The predicted octanol–water partition coefficient (Wildman–Crippen LogP) is 1.31. The highest BCUT2D eigenvalue weighted by atomic mass is 32.2. The average Bonchev–Trinajstić information content (AvgIpc) is 2.91. The van der Waals surface area contributed by atoms with Gasteiger partial charge in [-0.05, 0) is 37.2 Å². The van der Waals surface area contributed by atoms with E-state index in [4.69, 9.17) is 0 Å². The second-order valence-electron chi connectivity index (χ2n) is 5.94. The van der Waals surface area contributed by atoms with Crippen molar-refractivity contribution in [3.63, 3.8) is 0 Å². The molecule has 0 unspecified atom stereocenters. The SMILES string of the molecule is CN1CC=C(c2c[nH]c3ccc(S(=O)(=O)N(C)C)cc23)CC1.O. The van der Waals surface area contributed by atoms with Crippen LogP contribution in [-0.4, -0.2) is 62.3 Å². The molecule has 2 aromatic rings. The fraction of sp³-hybridized carbons (Fsp3) is 0.375. The summed E-state index contributed by atoms with van der Waals surface area (Å²) in [5, 5.41) is 0.971. The van der Waals surface area contributed by atoms with Gasteiger partial charge in [0.1, 0.15) is 0 Å². The number of hydrogen-bond acceptors (Lipinski definition) is 3. The Kier molecular flexibility index (Phi) is 4.95. The first-order valence-electron chi connectivity index (χ1n) is 7.31. The molecule has 0 bridgehead atoms. The zero-order valence-corrected chi connectivity index (χ0v) is 14.4. The highest BCUT2D eigenvalue weighted by molar-refractivity contribution is 7.89. The van der Waals surface area contributed by atoms with Gasteiger partial charge in [-0.15, -0.1) is 0 Å². The van der Waals surface area contributed by atoms with Gasteiger partial charge in [-0.25, -0.2) is 12.7 Å². The molecule has 0 saturated heterocycles. The van der Waals surface area contributed by atoms with Crippen LogP contribution in [0.2, 0.25) is 0 Å². The lowest BCUT2D eigenvalue weighted by Crippen LogP contribution is -2.23. The summed E-state index contributed by atoms with van der Waals surface area (Å²) in [6.07, 6.45) is 5.18. The molecule has 0 atom stereocenters. The van der Waals surface area contributed by atoms with Gasteiger partial charge in [0, 0.05) is 49.8 Å². The first-order valence-corrected chi connectivity index (χ1v) is 8.75. The molecule has 2 heterocycles. The Morgan fingerprint density at radius 2 is 2.00 bits per heavy atom. The van der Waals surface area contributed by atoms with E-state index in [9.17, 15) is 8.42 Å². The number of nitrogens with zero attached hydrogens (tertiary/aromatic N) is 2. The van der Waals surface area contributed by atoms with Gasteiger partial charge in [-0.3, -0.25) is 0 Å². The van der Waals surface area contributed by atoms with E-state index >= 15 is 0 Å². The Hall–Kier alpha value is -1.67. The van der Waals surface area contributed by atoms with Crippen LogP contribution in [0.15, 0.2) is 35.4 Å². The zero-order valence-electron chi connectivity index (χ0n) is 13.6. The monoisotopic (exact) mass is 337 g/mol. The van der Waals surface area contributed by atoms with Crippen LogP contribution in [0.5, 0.6) is 0 Å². The maximum atomic E-state index is 12.3. The van der Waals surface area contributed by atoms with Crippen LogP contribution < -0.4 is 0 Å². The maximum Gasteiger partial charge on any atom is 0.242 e. The summed E-state index contributed by atoms with van der Waals surface area (Å²) in [6, 6.07) is 5.27. The van der Waals surface area contributed by atoms with Gasteiger partial charge in [0.25, 0.3) is 0 Å². The Bertz CT molecular complexity index is 837. The number of rotatable bonds is 3. The molecule has 1 aromatic heterocycles. The third-order valence-corrected chi connectivity index (χ3v) is 6.00. The normalized spacial score (nSPS) is 16.4. The summed E-state index contributed by atoms with van der Waals surface area (Å²) in [4.78, 5) is 5.84. The van der Waals surface area contributed by atoms with Crippen molar-refractivity contribution in [2.45, 2.75) is 11.3 Å². The molecule has 0 aliphatic carbocycles. The molecule has 1 aliphatic rings. The molecule has 23 heavy (non-hydrogen) atoms. The summed E-state index contributed by atoms with van der Waals surface area (Å²) >= 11 is 0. The van der Waals surface area contributed by atoms with E-state index in [-0.39, 0.29) is 5.48 Å². The van der Waals surface area contributed by atoms with Crippen LogP contribution in [0, 0.1) is 0 Å². The third kappa shape index (κ3) is 3.18. The summed E-state index contributed by atoms with van der Waals surface area (Å²) in [7, 11) is 1.80. The number of sulfonamides is 1. The van der Waals surface area contributed by atoms with Crippen molar-refractivity contribution < 1.29 is 13.9 Å². The number of H-pyrrole nitrogens is 1. The second-order valence-corrected chi connectivity index (χ2v) is 8.09. The van der Waals surface area contributed by atoms with Crippen molar-refractivity contribution in [3.8, 4) is 0 Å². The first kappa shape index (κ1) is 17.7. The molecular formula is C16H23N3O3S. The van der Waals surface area contributed by atoms with Crippen molar-refractivity contribution in [1.29, 1.82) is 0 Å². The van der Waals surface area contributed by atoms with Gasteiger partial charge in [-0.1, -0.05) is 6.08 Å². The molecule has 3 N–H and O–H groups in total. The fourth-order valence-electron chi connectivity index (χ4n) is 2.75. The van der Waals surface area contributed by atoms with Crippen LogP contribution in [0.4, 0.5) is 0 Å². The van der Waals surface area contributed by atoms with Gasteiger partial charge in [0.05, 0.1) is 4.90 Å². The number of aromatic amines is 1. The second kappa shape index (κ2) is 6.45. The van der Waals surface area contributed by atoms with E-state index < -0.39 is 10.0 Å². The van der Waals surface area contributed by atoms with E-state index in [0.717, 1.165) is 36.0 Å². The minimum absolute atomic E-state index is 0. The molecule has 0 saturated carbocycles. The van der Waals surface area contributed by atoms with Crippen LogP contribution in [-0.2, 0) is 10.0 Å². The average molecular weight is 337 g/mol. The number of aromatic nitrogens is 1. The molecule has 1 aliphatic heterocycles. The van der Waals surface area contributed by atoms with Gasteiger partial charge in [0.2, 0.25) is 10.0 Å². The van der Waals surface area contributed by atoms with Crippen LogP contribution in [0.3, 0.4) is 0 Å². The minimum Gasteiger partial charge on any atom is -0.412 e. The van der Waals surface area contributed by atoms with Crippen molar-refractivity contribution in [3.05, 3.63) is 36.0 Å². The summed E-state index contributed by atoms with van der Waals surface area (Å²) in [5.41, 5.74) is 3.36. The molecule has 0 amide bonds. The van der Waals surface area contributed by atoms with E-state index in [1.807, 2.05) is 12.3 Å². The van der Waals surface area contributed by atoms with Crippen molar-refractivity contribution >= 4 is 26.5 Å². The topological polar surface area (TPSA) is 87.9 Å². The molecule has 126 valence electrons. The minimum atomic E-state index is -3.41. The van der Waals surface area contributed by atoms with Gasteiger partial charge >= 0.3 is 0 Å². The van der Waals surface area contributed by atoms with E-state index in [0.29, 0.717) is 4.90 Å². The first-order chi connectivity index (χ1) is 10.4. The fourth-order valence-corrected chi connectivity index (χ4v) is 3.68. The molecule has 0 spiro atoms. The van der Waals surface area contributed by atoms with Crippen LogP contribution >= 0.6 is 0 Å². The van der Waals surface area contributed by atoms with E-state index in [2.05, 4.69) is 23.0 Å². The lowest BCUT2D eigenvalue weighted by atomic mass is 9.99. The van der Waals surface area contributed by atoms with E-state index in [1.165, 1.54) is 9.88 Å². The lowest BCUT2D eigenvalue weighted by molar-refractivity contribution is 0.370. The van der Waals surface area contributed by atoms with Gasteiger partial charge < -0.3 is 15.4 Å². The molecule has 6 nitrogen and oxygen atoms in total. The van der Waals surface area contributed by atoms with Crippen molar-refractivity contribution in [1.82, 2.24) is 14.2 Å². The Labute approximate surface area is 136 Å². The lowest BCUT2D eigenvalue weighted by Gasteiger charge is -2.21. The zero-order chi connectivity index (χ0) is 15.9. The molecule has 3 rings (SSSR count). The number of fused-ring (bicyclic) bond motifs is 1. The largest absolute Gasteiger partial charge is 0.412 e. The smallest absolute Gasteiger partial charge is 0.242 e. The molecule has 0 fully saturated rings. The summed E-state index contributed by atoms with van der Waals surface area (Å²) in [6.45, 7) is 1.95. The maximum absolute atomic E-state index is 12.3. The van der Waals surface area contributed by atoms with Crippen LogP contribution in [0.1, 0.15) is 12.0 Å². The van der Waals surface area contributed by atoms with Gasteiger partial charge in [-0.2, -0.15) is 0 Å². The highest BCUT2D eigenvalue weighted by Gasteiger charge is 2.19. The Morgan fingerprint density at radius 1 is 1.26 bits per heavy atom. The molecule has 7 heteroatoms. The molecular weight excluding hydrogens is 314 g/mol. The number of hydrogen-bond donors (Lipinski definition) is 1.